The van der Waals surface area contributed by atoms with Gasteiger partial charge in [0.25, 0.3) is 0 Å². The van der Waals surface area contributed by atoms with E-state index in [1.54, 1.807) is 6.08 Å². The van der Waals surface area contributed by atoms with E-state index in [9.17, 15) is 15.0 Å². The molecule has 0 aromatic heterocycles. The highest BCUT2D eigenvalue weighted by atomic mass is 16.3. The predicted molar refractivity (Wildman–Crippen MR) is 387 cm³/mol. The first-order valence-electron chi connectivity index (χ1n) is 38.5. The summed E-state index contributed by atoms with van der Waals surface area (Å²) in [6, 6.07) is -0.650. The van der Waals surface area contributed by atoms with Crippen LogP contribution in [0.2, 0.25) is 0 Å². The molecule has 3 N–H and O–H groups in total. The number of aliphatic hydroxyl groups excluding tert-OH is 2. The second kappa shape index (κ2) is 76.6. The Morgan fingerprint density at radius 2 is 0.523 bits per heavy atom. The van der Waals surface area contributed by atoms with Gasteiger partial charge in [-0.1, -0.05) is 400 Å². The maximum atomic E-state index is 12.6. The van der Waals surface area contributed by atoms with E-state index in [4.69, 9.17) is 0 Å². The quantitative estimate of drug-likeness (QED) is 0.0420. The van der Waals surface area contributed by atoms with Crippen LogP contribution in [0.15, 0.2) is 97.2 Å². The molecule has 0 saturated heterocycles. The van der Waals surface area contributed by atoms with Crippen LogP contribution in [0.25, 0.3) is 0 Å². The van der Waals surface area contributed by atoms with Crippen LogP contribution < -0.4 is 5.32 Å². The summed E-state index contributed by atoms with van der Waals surface area (Å²) in [4.78, 5) is 12.6. The normalized spacial score (nSPS) is 13.2. The number of nitrogens with one attached hydrogen (secondary N) is 1. The largest absolute Gasteiger partial charge is 0.394 e. The Hall–Kier alpha value is -2.69. The maximum absolute atomic E-state index is 12.6. The molecule has 86 heavy (non-hydrogen) atoms. The molecule has 0 fully saturated rings. The average Bonchev–Trinajstić information content (AvgIpc) is 3.59. The fraction of sp³-hybridized carbons (Fsp3) is 0.793. The van der Waals surface area contributed by atoms with Crippen LogP contribution in [0, 0.1) is 0 Å². The van der Waals surface area contributed by atoms with Gasteiger partial charge >= 0.3 is 0 Å². The lowest BCUT2D eigenvalue weighted by Gasteiger charge is -2.19. The number of hydrogen-bond acceptors (Lipinski definition) is 3. The lowest BCUT2D eigenvalue weighted by molar-refractivity contribution is -0.123. The van der Waals surface area contributed by atoms with E-state index in [2.05, 4.69) is 104 Å². The van der Waals surface area contributed by atoms with Gasteiger partial charge in [-0.3, -0.25) is 4.79 Å². The van der Waals surface area contributed by atoms with E-state index < -0.39 is 12.1 Å². The van der Waals surface area contributed by atoms with Crippen LogP contribution in [0.3, 0.4) is 0 Å². The summed E-state index contributed by atoms with van der Waals surface area (Å²) in [7, 11) is 0. The first kappa shape index (κ1) is 83.3. The lowest BCUT2D eigenvalue weighted by atomic mass is 10.0. The number of carbonyl (C=O) groups is 1. The summed E-state index contributed by atoms with van der Waals surface area (Å²) in [6.07, 6.45) is 114. The molecule has 0 aromatic rings. The molecule has 500 valence electrons. The van der Waals surface area contributed by atoms with Crippen molar-refractivity contribution in [2.45, 2.75) is 411 Å². The third-order valence-corrected chi connectivity index (χ3v) is 17.5. The fourth-order valence-electron chi connectivity index (χ4n) is 11.8. The van der Waals surface area contributed by atoms with Gasteiger partial charge in [-0.15, -0.1) is 0 Å². The number of amides is 1. The molecule has 0 spiro atoms. The molecule has 0 aliphatic heterocycles. The number of rotatable bonds is 71. The minimum atomic E-state index is -0.875. The van der Waals surface area contributed by atoms with E-state index >= 15 is 0 Å². The second-order valence-electron chi connectivity index (χ2n) is 26.0. The molecule has 0 saturated carbocycles. The monoisotopic (exact) mass is 1200 g/mol. The molecule has 4 nitrogen and oxygen atoms in total. The Bertz CT molecular complexity index is 1550. The second-order valence-corrected chi connectivity index (χ2v) is 26.0. The number of hydrogen-bond donors (Lipinski definition) is 3. The van der Waals surface area contributed by atoms with E-state index in [1.165, 1.54) is 308 Å². The van der Waals surface area contributed by atoms with Crippen LogP contribution in [0.1, 0.15) is 399 Å². The van der Waals surface area contributed by atoms with Crippen molar-refractivity contribution in [2.24, 2.45) is 0 Å². The predicted octanol–water partition coefficient (Wildman–Crippen LogP) is 26.7. The van der Waals surface area contributed by atoms with Crippen LogP contribution in [0.4, 0.5) is 0 Å². The maximum Gasteiger partial charge on any atom is 0.220 e. The van der Waals surface area contributed by atoms with Crippen LogP contribution in [-0.2, 0) is 4.79 Å². The molecular weight excluding hydrogens is 1050 g/mol. The van der Waals surface area contributed by atoms with Gasteiger partial charge in [0, 0.05) is 6.42 Å². The Kier molecular flexibility index (Phi) is 74.2. The molecule has 2 unspecified atom stereocenters. The minimum Gasteiger partial charge on any atom is -0.394 e. The standard InChI is InChI=1S/C82H149NO3/c1-3-5-7-9-11-13-15-17-19-21-23-25-27-29-31-33-35-37-38-39-40-41-42-43-44-46-48-50-52-54-56-58-60-62-64-66-68-70-72-74-76-78-82(86)83-80(79-84)81(85)77-75-73-71-69-67-65-63-61-59-57-55-53-51-49-47-45-36-34-32-30-28-26-24-22-20-18-16-14-12-10-8-6-4-2/h5,7,11,13,17,19,23,25,29,31,59,61,67,69,75,77,80-81,84-85H,3-4,6,8-10,12,14-16,18,20-22,24,26-28,30,32-58,60,62-66,68,70-74,76,78-79H2,1-2H3,(H,83,86)/b7-5-,13-11-,19-17-,25-23-,31-29-,61-59+,69-67+,77-75+. The van der Waals surface area contributed by atoms with E-state index in [0.717, 1.165) is 70.6 Å². The molecule has 1 amide bonds. The first-order valence-corrected chi connectivity index (χ1v) is 38.5. The van der Waals surface area contributed by atoms with Crippen molar-refractivity contribution in [3.8, 4) is 0 Å². The van der Waals surface area contributed by atoms with Crippen LogP contribution in [0.5, 0.6) is 0 Å². The van der Waals surface area contributed by atoms with Gasteiger partial charge < -0.3 is 15.5 Å². The highest BCUT2D eigenvalue weighted by molar-refractivity contribution is 5.76. The average molecular weight is 1200 g/mol. The summed E-state index contributed by atoms with van der Waals surface area (Å²) in [5.74, 6) is -0.0723. The van der Waals surface area contributed by atoms with Crippen LogP contribution >= 0.6 is 0 Å². The van der Waals surface area contributed by atoms with Crippen molar-refractivity contribution < 1.29 is 15.0 Å². The number of aliphatic hydroxyl groups is 2. The first-order chi connectivity index (χ1) is 42.7. The van der Waals surface area contributed by atoms with Crippen molar-refractivity contribution in [2.75, 3.05) is 6.61 Å². The van der Waals surface area contributed by atoms with Gasteiger partial charge in [0.15, 0.2) is 0 Å². The highest BCUT2D eigenvalue weighted by Gasteiger charge is 2.18. The summed E-state index contributed by atoms with van der Waals surface area (Å²) in [6.45, 7) is 4.22. The molecule has 0 aliphatic carbocycles. The molecular formula is C82H149NO3. The molecule has 0 radical (unpaired) electrons. The van der Waals surface area contributed by atoms with Crippen molar-refractivity contribution in [3.05, 3.63) is 97.2 Å². The van der Waals surface area contributed by atoms with Gasteiger partial charge in [-0.25, -0.2) is 0 Å². The Morgan fingerprint density at radius 1 is 0.291 bits per heavy atom. The molecule has 0 aliphatic rings. The summed E-state index contributed by atoms with van der Waals surface area (Å²) in [5, 5.41) is 23.3. The summed E-state index contributed by atoms with van der Waals surface area (Å²) < 4.78 is 0. The van der Waals surface area contributed by atoms with E-state index in [0.29, 0.717) is 6.42 Å². The van der Waals surface area contributed by atoms with Gasteiger partial charge in [0.2, 0.25) is 5.91 Å². The third-order valence-electron chi connectivity index (χ3n) is 17.5. The van der Waals surface area contributed by atoms with Gasteiger partial charge in [-0.2, -0.15) is 0 Å². The molecule has 0 rings (SSSR count). The zero-order valence-electron chi connectivity index (χ0n) is 57.8. The van der Waals surface area contributed by atoms with Gasteiger partial charge in [-0.05, 0) is 89.9 Å². The lowest BCUT2D eigenvalue weighted by Crippen LogP contribution is -2.45. The van der Waals surface area contributed by atoms with Gasteiger partial charge in [0.05, 0.1) is 18.8 Å². The van der Waals surface area contributed by atoms with Gasteiger partial charge in [0.1, 0.15) is 0 Å². The topological polar surface area (TPSA) is 69.6 Å². The number of carbonyl (C=O) groups excluding carboxylic acids is 1. The molecule has 0 bridgehead atoms. The van der Waals surface area contributed by atoms with Crippen molar-refractivity contribution in [1.82, 2.24) is 5.32 Å². The third kappa shape index (κ3) is 72.1. The summed E-state index contributed by atoms with van der Waals surface area (Å²) >= 11 is 0. The Labute approximate surface area is 538 Å². The number of allylic oxidation sites excluding steroid dienone is 15. The van der Waals surface area contributed by atoms with Crippen molar-refractivity contribution in [1.29, 1.82) is 0 Å². The smallest absolute Gasteiger partial charge is 0.220 e. The Balaban J connectivity index is 3.46. The zero-order chi connectivity index (χ0) is 61.9. The van der Waals surface area contributed by atoms with Crippen molar-refractivity contribution in [3.63, 3.8) is 0 Å². The van der Waals surface area contributed by atoms with Crippen LogP contribution in [-0.4, -0.2) is 34.9 Å². The zero-order valence-corrected chi connectivity index (χ0v) is 57.8. The number of unbranched alkanes of at least 4 members (excludes halogenated alkanes) is 50. The van der Waals surface area contributed by atoms with E-state index in [1.807, 2.05) is 6.08 Å². The summed E-state index contributed by atoms with van der Waals surface area (Å²) in [5.41, 5.74) is 0. The molecule has 2 atom stereocenters. The highest BCUT2D eigenvalue weighted by Crippen LogP contribution is 2.19. The van der Waals surface area contributed by atoms with E-state index in [-0.39, 0.29) is 12.5 Å². The SMILES string of the molecule is CC/C=C\C/C=C\C/C=C\C/C=C\C/C=C\CCCCCCCCCCCCCCCCCCCCCCCCCCCC(=O)NC(CO)C(O)/C=C/CC/C=C/CC/C=C/CCCCCCCCCCCCCCCCCCCCCCCCC. The minimum absolute atomic E-state index is 0.0723. The molecule has 0 aromatic carbocycles. The Morgan fingerprint density at radius 3 is 0.814 bits per heavy atom. The van der Waals surface area contributed by atoms with Crippen molar-refractivity contribution >= 4 is 5.91 Å². The molecule has 0 heterocycles. The fourth-order valence-corrected chi connectivity index (χ4v) is 11.8. The molecule has 4 heteroatoms.